The van der Waals surface area contributed by atoms with Crippen LogP contribution in [0.25, 0.3) is 10.9 Å². The van der Waals surface area contributed by atoms with E-state index in [-0.39, 0.29) is 5.97 Å². The molecule has 2 aromatic heterocycles. The first-order chi connectivity index (χ1) is 19.0. The molecule has 0 N–H and O–H groups in total. The zero-order valence-corrected chi connectivity index (χ0v) is 23.8. The number of hydrogen-bond acceptors (Lipinski definition) is 5. The Kier molecular flexibility index (Phi) is 7.65. The van der Waals surface area contributed by atoms with Gasteiger partial charge < -0.3 is 18.9 Å². The number of benzene rings is 2. The molecule has 0 amide bonds. The molecule has 3 heterocycles. The van der Waals surface area contributed by atoms with Crippen molar-refractivity contribution >= 4 is 22.6 Å². The molecule has 5 rings (SSSR count). The number of aromatic nitrogens is 2. The van der Waals surface area contributed by atoms with Gasteiger partial charge in [0, 0.05) is 65.8 Å². The lowest BCUT2D eigenvalue weighted by molar-refractivity contribution is 0.0237. The lowest BCUT2D eigenvalue weighted by Gasteiger charge is -2.32. The SMILES string of the molecule is CCCCCCOc1cc(N(CC)CC)ccc1C1(c2c(C)n(C)c3ccccc23)OC(=O)c2cccnc21. The smallest absolute Gasteiger partial charge is 0.341 e. The van der Waals surface area contributed by atoms with Crippen molar-refractivity contribution < 1.29 is 14.3 Å². The van der Waals surface area contributed by atoms with Crippen molar-refractivity contribution in [2.45, 2.75) is 59.0 Å². The molecule has 39 heavy (non-hydrogen) atoms. The van der Waals surface area contributed by atoms with E-state index in [9.17, 15) is 4.79 Å². The van der Waals surface area contributed by atoms with E-state index in [0.29, 0.717) is 17.9 Å². The average molecular weight is 526 g/mol. The van der Waals surface area contributed by atoms with Gasteiger partial charge in [-0.25, -0.2) is 4.79 Å². The van der Waals surface area contributed by atoms with Gasteiger partial charge in [0.25, 0.3) is 0 Å². The lowest BCUT2D eigenvalue weighted by Crippen LogP contribution is -2.32. The van der Waals surface area contributed by atoms with Gasteiger partial charge in [-0.15, -0.1) is 0 Å². The maximum atomic E-state index is 13.5. The second kappa shape index (κ2) is 11.1. The van der Waals surface area contributed by atoms with Gasteiger partial charge in [-0.2, -0.15) is 0 Å². The first kappa shape index (κ1) is 26.8. The van der Waals surface area contributed by atoms with E-state index in [2.05, 4.69) is 74.5 Å². The zero-order valence-electron chi connectivity index (χ0n) is 23.8. The van der Waals surface area contributed by atoms with Crippen LogP contribution in [0.4, 0.5) is 5.69 Å². The number of anilines is 1. The van der Waals surface area contributed by atoms with Gasteiger partial charge in [0.1, 0.15) is 11.4 Å². The fraction of sp³-hybridized carbons (Fsp3) is 0.394. The van der Waals surface area contributed by atoms with Crippen molar-refractivity contribution in [1.82, 2.24) is 9.55 Å². The number of rotatable bonds is 11. The van der Waals surface area contributed by atoms with Crippen LogP contribution >= 0.6 is 0 Å². The number of hydrogen-bond donors (Lipinski definition) is 0. The highest BCUT2D eigenvalue weighted by molar-refractivity contribution is 5.98. The molecule has 1 unspecified atom stereocenters. The third kappa shape index (κ3) is 4.46. The van der Waals surface area contributed by atoms with Gasteiger partial charge in [0.15, 0.2) is 0 Å². The third-order valence-electron chi connectivity index (χ3n) is 8.09. The van der Waals surface area contributed by atoms with E-state index < -0.39 is 5.60 Å². The summed E-state index contributed by atoms with van der Waals surface area (Å²) in [5.41, 5.74) is 4.78. The standard InChI is InChI=1S/C33H39N3O3/c1-6-9-10-13-21-38-29-22-24(36(7-2)8-3)18-19-27(29)33(31-26(32(37)39-33)16-14-20-34-31)30-23(4)35(5)28-17-12-11-15-25(28)30/h11-12,14-20,22H,6-10,13,21H2,1-5H3. The molecule has 0 saturated carbocycles. The summed E-state index contributed by atoms with van der Waals surface area (Å²) in [4.78, 5) is 20.6. The van der Waals surface area contributed by atoms with Crippen LogP contribution in [-0.4, -0.2) is 35.2 Å². The highest BCUT2D eigenvalue weighted by Gasteiger charge is 2.53. The topological polar surface area (TPSA) is 56.6 Å². The molecule has 1 atom stereocenters. The van der Waals surface area contributed by atoms with Crippen molar-refractivity contribution in [3.05, 3.63) is 88.9 Å². The molecule has 0 fully saturated rings. The summed E-state index contributed by atoms with van der Waals surface area (Å²) < 4.78 is 15.3. The van der Waals surface area contributed by atoms with Crippen molar-refractivity contribution in [3.63, 3.8) is 0 Å². The van der Waals surface area contributed by atoms with Gasteiger partial charge in [0.2, 0.25) is 5.60 Å². The van der Waals surface area contributed by atoms with Gasteiger partial charge >= 0.3 is 5.97 Å². The molecule has 0 aliphatic carbocycles. The summed E-state index contributed by atoms with van der Waals surface area (Å²) in [7, 11) is 2.06. The van der Waals surface area contributed by atoms with Gasteiger partial charge in [-0.3, -0.25) is 4.98 Å². The fourth-order valence-electron chi connectivity index (χ4n) is 5.96. The molecule has 1 aliphatic heterocycles. The van der Waals surface area contributed by atoms with E-state index in [1.54, 1.807) is 12.3 Å². The Morgan fingerprint density at radius 1 is 1.00 bits per heavy atom. The number of ether oxygens (including phenoxy) is 2. The van der Waals surface area contributed by atoms with Gasteiger partial charge in [-0.1, -0.05) is 44.4 Å². The molecular weight excluding hydrogens is 486 g/mol. The maximum Gasteiger partial charge on any atom is 0.341 e. The molecule has 4 aromatic rings. The molecule has 6 heteroatoms. The second-order valence-corrected chi connectivity index (χ2v) is 10.3. The molecule has 0 saturated heterocycles. The summed E-state index contributed by atoms with van der Waals surface area (Å²) >= 11 is 0. The molecule has 1 aliphatic rings. The molecule has 0 radical (unpaired) electrons. The van der Waals surface area contributed by atoms with E-state index in [1.165, 1.54) is 12.8 Å². The van der Waals surface area contributed by atoms with Crippen LogP contribution in [0.15, 0.2) is 60.8 Å². The molecule has 0 bridgehead atoms. The number of fused-ring (bicyclic) bond motifs is 2. The highest BCUT2D eigenvalue weighted by Crippen LogP contribution is 2.52. The largest absolute Gasteiger partial charge is 0.493 e. The van der Waals surface area contributed by atoms with Crippen molar-refractivity contribution in [1.29, 1.82) is 0 Å². The van der Waals surface area contributed by atoms with Crippen LogP contribution in [0.2, 0.25) is 0 Å². The van der Waals surface area contributed by atoms with E-state index >= 15 is 0 Å². The Balaban J connectivity index is 1.78. The average Bonchev–Trinajstić information content (AvgIpc) is 3.40. The maximum absolute atomic E-state index is 13.5. The summed E-state index contributed by atoms with van der Waals surface area (Å²) in [6.45, 7) is 11.0. The van der Waals surface area contributed by atoms with Crippen LogP contribution in [-0.2, 0) is 17.4 Å². The molecule has 0 spiro atoms. The summed E-state index contributed by atoms with van der Waals surface area (Å²) in [5, 5.41) is 1.03. The normalized spacial score (nSPS) is 16.4. The number of esters is 1. The van der Waals surface area contributed by atoms with Crippen molar-refractivity contribution in [2.75, 3.05) is 24.6 Å². The number of cyclic esters (lactones) is 1. The summed E-state index contributed by atoms with van der Waals surface area (Å²) in [6.07, 6.45) is 6.19. The first-order valence-corrected chi connectivity index (χ1v) is 14.2. The number of aryl methyl sites for hydroxylation is 1. The zero-order chi connectivity index (χ0) is 27.6. The number of carbonyl (C=O) groups is 1. The summed E-state index contributed by atoms with van der Waals surface area (Å²) in [5.74, 6) is 0.363. The Morgan fingerprint density at radius 3 is 2.56 bits per heavy atom. The predicted molar refractivity (Wildman–Crippen MR) is 157 cm³/mol. The van der Waals surface area contributed by atoms with E-state index in [4.69, 9.17) is 14.5 Å². The molecule has 6 nitrogen and oxygen atoms in total. The van der Waals surface area contributed by atoms with Crippen molar-refractivity contribution in [3.8, 4) is 5.75 Å². The van der Waals surface area contributed by atoms with E-state index in [0.717, 1.165) is 65.1 Å². The fourth-order valence-corrected chi connectivity index (χ4v) is 5.96. The highest BCUT2D eigenvalue weighted by atomic mass is 16.6. The minimum Gasteiger partial charge on any atom is -0.493 e. The minimum absolute atomic E-state index is 0.368. The van der Waals surface area contributed by atoms with E-state index in [1.807, 2.05) is 18.2 Å². The molecule has 2 aromatic carbocycles. The minimum atomic E-state index is -1.24. The summed E-state index contributed by atoms with van der Waals surface area (Å²) in [6, 6.07) is 18.2. The van der Waals surface area contributed by atoms with Gasteiger partial charge in [-0.05, 0) is 57.5 Å². The van der Waals surface area contributed by atoms with Gasteiger partial charge in [0.05, 0.1) is 12.2 Å². The van der Waals surface area contributed by atoms with Crippen LogP contribution in [0.1, 0.15) is 79.3 Å². The third-order valence-corrected chi connectivity index (χ3v) is 8.09. The van der Waals surface area contributed by atoms with Crippen LogP contribution in [0, 0.1) is 6.92 Å². The van der Waals surface area contributed by atoms with Crippen LogP contribution in [0.5, 0.6) is 5.75 Å². The van der Waals surface area contributed by atoms with Crippen LogP contribution in [0.3, 0.4) is 0 Å². The lowest BCUT2D eigenvalue weighted by atomic mass is 9.80. The number of unbranched alkanes of at least 4 members (excludes halogenated alkanes) is 3. The Hall–Kier alpha value is -3.80. The molecular formula is C33H39N3O3. The van der Waals surface area contributed by atoms with Crippen LogP contribution < -0.4 is 9.64 Å². The van der Waals surface area contributed by atoms with Crippen molar-refractivity contribution in [2.24, 2.45) is 7.05 Å². The predicted octanol–water partition coefficient (Wildman–Crippen LogP) is 7.15. The number of para-hydroxylation sites is 1. The number of carbonyl (C=O) groups excluding carboxylic acids is 1. The first-order valence-electron chi connectivity index (χ1n) is 14.2. The monoisotopic (exact) mass is 525 g/mol. The second-order valence-electron chi connectivity index (χ2n) is 10.3. The quantitative estimate of drug-likeness (QED) is 0.154. The Bertz CT molecular complexity index is 1490. The molecule has 204 valence electrons. The number of nitrogens with zero attached hydrogens (tertiary/aromatic N) is 3. The number of pyridine rings is 1. The Morgan fingerprint density at radius 2 is 1.79 bits per heavy atom. The Labute approximate surface area is 231 Å².